The predicted octanol–water partition coefficient (Wildman–Crippen LogP) is 5.01. The Labute approximate surface area is 149 Å². The summed E-state index contributed by atoms with van der Waals surface area (Å²) in [6.45, 7) is 5.68. The molecule has 4 rings (SSSR count). The molecule has 25 heavy (non-hydrogen) atoms. The van der Waals surface area contributed by atoms with Gasteiger partial charge in [-0.15, -0.1) is 6.58 Å². The average molecular weight is 342 g/mol. The summed E-state index contributed by atoms with van der Waals surface area (Å²) in [5.41, 5.74) is 2.72. The number of carbonyl (C=O) groups is 1. The molecule has 1 aromatic rings. The SMILES string of the molecule is C=CC(F)COc1ccc2c(c1)CC[C@@H]1[C@@H]2CC[C@]2(C)C(=O)CC[C@@H]12. The monoisotopic (exact) mass is 342 g/mol. The van der Waals surface area contributed by atoms with Crippen molar-refractivity contribution in [2.45, 2.75) is 57.5 Å². The van der Waals surface area contributed by atoms with E-state index < -0.39 is 6.17 Å². The second kappa shape index (κ2) is 6.26. The zero-order valence-electron chi connectivity index (χ0n) is 15.0. The predicted molar refractivity (Wildman–Crippen MR) is 96.7 cm³/mol. The van der Waals surface area contributed by atoms with Gasteiger partial charge in [0, 0.05) is 11.8 Å². The van der Waals surface area contributed by atoms with Crippen LogP contribution in [0.25, 0.3) is 0 Å². The van der Waals surface area contributed by atoms with Gasteiger partial charge in [-0.05, 0) is 73.1 Å². The van der Waals surface area contributed by atoms with E-state index in [1.54, 1.807) is 0 Å². The van der Waals surface area contributed by atoms with Crippen molar-refractivity contribution in [2.75, 3.05) is 6.61 Å². The van der Waals surface area contributed by atoms with E-state index in [1.165, 1.54) is 17.2 Å². The van der Waals surface area contributed by atoms with Crippen LogP contribution in [0.15, 0.2) is 30.9 Å². The van der Waals surface area contributed by atoms with Crippen LogP contribution in [0.4, 0.5) is 4.39 Å². The van der Waals surface area contributed by atoms with E-state index in [2.05, 4.69) is 25.6 Å². The van der Waals surface area contributed by atoms with Gasteiger partial charge < -0.3 is 4.74 Å². The van der Waals surface area contributed by atoms with Gasteiger partial charge in [0.15, 0.2) is 6.17 Å². The van der Waals surface area contributed by atoms with E-state index in [-0.39, 0.29) is 12.0 Å². The number of carbonyl (C=O) groups excluding carboxylic acids is 1. The number of Topliss-reactive ketones (excluding diaryl/α,β-unsaturated/α-hetero) is 1. The second-order valence-corrected chi connectivity index (χ2v) is 8.26. The summed E-state index contributed by atoms with van der Waals surface area (Å²) in [6.07, 6.45) is 6.32. The molecular formula is C22H27FO2. The van der Waals surface area contributed by atoms with E-state index in [4.69, 9.17) is 4.74 Å². The van der Waals surface area contributed by atoms with Crippen molar-refractivity contribution >= 4 is 5.78 Å². The third-order valence-corrected chi connectivity index (χ3v) is 7.07. The minimum absolute atomic E-state index is 0.0247. The molecule has 0 saturated heterocycles. The molecule has 2 saturated carbocycles. The maximum Gasteiger partial charge on any atom is 0.152 e. The minimum atomic E-state index is -1.13. The molecule has 0 N–H and O–H groups in total. The van der Waals surface area contributed by atoms with Crippen molar-refractivity contribution in [2.24, 2.45) is 17.3 Å². The Morgan fingerprint density at radius 3 is 3.00 bits per heavy atom. The zero-order chi connectivity index (χ0) is 17.6. The lowest BCUT2D eigenvalue weighted by Gasteiger charge is -2.48. The number of halogens is 1. The molecule has 0 radical (unpaired) electrons. The third kappa shape index (κ3) is 2.72. The smallest absolute Gasteiger partial charge is 0.152 e. The highest BCUT2D eigenvalue weighted by Gasteiger charge is 2.54. The molecule has 3 aliphatic rings. The lowest BCUT2D eigenvalue weighted by Crippen LogP contribution is -2.42. The zero-order valence-corrected chi connectivity index (χ0v) is 15.0. The highest BCUT2D eigenvalue weighted by Crippen LogP contribution is 2.59. The van der Waals surface area contributed by atoms with Crippen molar-refractivity contribution in [1.82, 2.24) is 0 Å². The molecule has 2 fully saturated rings. The topological polar surface area (TPSA) is 26.3 Å². The Kier molecular flexibility index (Phi) is 4.21. The number of benzene rings is 1. The lowest BCUT2D eigenvalue weighted by atomic mass is 9.55. The van der Waals surface area contributed by atoms with Crippen LogP contribution in [0.2, 0.25) is 0 Å². The van der Waals surface area contributed by atoms with E-state index in [9.17, 15) is 9.18 Å². The van der Waals surface area contributed by atoms with Crippen LogP contribution >= 0.6 is 0 Å². The van der Waals surface area contributed by atoms with Crippen LogP contribution in [0.3, 0.4) is 0 Å². The Morgan fingerprint density at radius 2 is 2.20 bits per heavy atom. The number of ether oxygens (including phenoxy) is 1. The van der Waals surface area contributed by atoms with Crippen molar-refractivity contribution in [3.63, 3.8) is 0 Å². The van der Waals surface area contributed by atoms with Crippen molar-refractivity contribution in [3.05, 3.63) is 42.0 Å². The maximum absolute atomic E-state index is 13.3. The summed E-state index contributed by atoms with van der Waals surface area (Å²) in [4.78, 5) is 12.4. The number of alkyl halides is 1. The third-order valence-electron chi connectivity index (χ3n) is 7.07. The summed E-state index contributed by atoms with van der Waals surface area (Å²) in [5.74, 6) is 3.01. The van der Waals surface area contributed by atoms with Gasteiger partial charge in [0.25, 0.3) is 0 Å². The largest absolute Gasteiger partial charge is 0.490 e. The molecule has 134 valence electrons. The van der Waals surface area contributed by atoms with Crippen LogP contribution in [0.5, 0.6) is 5.75 Å². The normalized spacial score (nSPS) is 34.6. The van der Waals surface area contributed by atoms with Gasteiger partial charge in [-0.25, -0.2) is 4.39 Å². The molecule has 0 spiro atoms. The number of hydrogen-bond acceptors (Lipinski definition) is 2. The van der Waals surface area contributed by atoms with Gasteiger partial charge in [0.2, 0.25) is 0 Å². The van der Waals surface area contributed by atoms with E-state index >= 15 is 0 Å². The Balaban J connectivity index is 1.55. The number of hydrogen-bond donors (Lipinski definition) is 0. The second-order valence-electron chi connectivity index (χ2n) is 8.26. The first-order chi connectivity index (χ1) is 12.0. The highest BCUT2D eigenvalue weighted by molar-refractivity contribution is 5.87. The highest BCUT2D eigenvalue weighted by atomic mass is 19.1. The van der Waals surface area contributed by atoms with Crippen molar-refractivity contribution < 1.29 is 13.9 Å². The molecule has 5 atom stereocenters. The minimum Gasteiger partial charge on any atom is -0.490 e. The molecule has 1 unspecified atom stereocenters. The first-order valence-electron chi connectivity index (χ1n) is 9.58. The van der Waals surface area contributed by atoms with Crippen molar-refractivity contribution in [1.29, 1.82) is 0 Å². The van der Waals surface area contributed by atoms with Gasteiger partial charge >= 0.3 is 0 Å². The molecule has 3 heteroatoms. The van der Waals surface area contributed by atoms with Crippen LogP contribution in [0, 0.1) is 17.3 Å². The fourth-order valence-corrected chi connectivity index (χ4v) is 5.66. The summed E-state index contributed by atoms with van der Waals surface area (Å²) in [7, 11) is 0. The van der Waals surface area contributed by atoms with E-state index in [1.807, 2.05) is 6.07 Å². The molecular weight excluding hydrogens is 315 g/mol. The maximum atomic E-state index is 13.3. The van der Waals surface area contributed by atoms with Crippen molar-refractivity contribution in [3.8, 4) is 5.75 Å². The number of rotatable bonds is 4. The fourth-order valence-electron chi connectivity index (χ4n) is 5.66. The Morgan fingerprint density at radius 1 is 1.36 bits per heavy atom. The molecule has 0 amide bonds. The van der Waals surface area contributed by atoms with Crippen LogP contribution in [0.1, 0.15) is 56.1 Å². The summed E-state index contributed by atoms with van der Waals surface area (Å²) < 4.78 is 18.9. The fraction of sp³-hybridized carbons (Fsp3) is 0.591. The molecule has 1 aromatic carbocycles. The molecule has 3 aliphatic carbocycles. The molecule has 0 aromatic heterocycles. The average Bonchev–Trinajstić information content (AvgIpc) is 2.94. The van der Waals surface area contributed by atoms with E-state index in [0.29, 0.717) is 23.5 Å². The molecule has 0 bridgehead atoms. The standard InChI is InChI=1S/C22H27FO2/c1-3-15(23)13-25-16-5-7-17-14(12-16)4-6-19-18(17)10-11-22(2)20(19)8-9-21(22)24/h3,5,7,12,15,18-20H,1,4,6,8-11,13H2,2H3/t15?,18-,19-,20+,22+/m1/s1. The Hall–Kier alpha value is -1.64. The van der Waals surface area contributed by atoms with Gasteiger partial charge in [-0.2, -0.15) is 0 Å². The lowest BCUT2D eigenvalue weighted by molar-refractivity contribution is -0.129. The van der Waals surface area contributed by atoms with Gasteiger partial charge in [-0.3, -0.25) is 4.79 Å². The quantitative estimate of drug-likeness (QED) is 0.719. The number of fused-ring (bicyclic) bond motifs is 5. The number of aryl methyl sites for hydroxylation is 1. The molecule has 2 nitrogen and oxygen atoms in total. The Bertz CT molecular complexity index is 697. The summed E-state index contributed by atoms with van der Waals surface area (Å²) >= 11 is 0. The van der Waals surface area contributed by atoms with Crippen LogP contribution in [-0.4, -0.2) is 18.6 Å². The van der Waals surface area contributed by atoms with Gasteiger partial charge in [0.05, 0.1) is 0 Å². The molecule has 0 heterocycles. The summed E-state index contributed by atoms with van der Waals surface area (Å²) in [5, 5.41) is 0. The van der Waals surface area contributed by atoms with Gasteiger partial charge in [-0.1, -0.05) is 19.1 Å². The van der Waals surface area contributed by atoms with Crippen LogP contribution in [-0.2, 0) is 11.2 Å². The van der Waals surface area contributed by atoms with Crippen LogP contribution < -0.4 is 4.74 Å². The first kappa shape index (κ1) is 16.8. The van der Waals surface area contributed by atoms with Gasteiger partial charge in [0.1, 0.15) is 18.1 Å². The molecule has 0 aliphatic heterocycles. The first-order valence-corrected chi connectivity index (χ1v) is 9.58. The van der Waals surface area contributed by atoms with E-state index in [0.717, 1.165) is 44.3 Å². The summed E-state index contributed by atoms with van der Waals surface area (Å²) in [6, 6.07) is 6.25. The number of ketones is 1.